The lowest BCUT2D eigenvalue weighted by atomic mass is 10.5. The van der Waals surface area contributed by atoms with Crippen molar-refractivity contribution in [2.75, 3.05) is 6.54 Å². The van der Waals surface area contributed by atoms with Crippen molar-refractivity contribution in [3.8, 4) is 0 Å². The smallest absolute Gasteiger partial charge is 0.279 e. The van der Waals surface area contributed by atoms with Crippen LogP contribution in [-0.4, -0.2) is 23.8 Å². The summed E-state index contributed by atoms with van der Waals surface area (Å²) in [7, 11) is 0. The number of carbonyl (C=O) groups excluding carboxylic acids is 1. The highest BCUT2D eigenvalue weighted by Crippen LogP contribution is 1.99. The number of carbonyl (C=O) groups is 1. The van der Waals surface area contributed by atoms with Crippen LogP contribution in [-0.2, 0) is 0 Å². The maximum absolute atomic E-state index is 10.7. The summed E-state index contributed by atoms with van der Waals surface area (Å²) >= 11 is 1.79. The molecule has 0 aromatic rings. The molecule has 0 aromatic carbocycles. The highest BCUT2D eigenvalue weighted by atomic mass is 127. The molecule has 1 N–H and O–H groups in total. The van der Waals surface area contributed by atoms with Crippen molar-refractivity contribution in [2.24, 2.45) is 5.10 Å². The first kappa shape index (κ1) is 6.79. The molecular weight excluding hydrogens is 233 g/mol. The second-order valence-electron chi connectivity index (χ2n) is 1.61. The minimum absolute atomic E-state index is 0.149. The van der Waals surface area contributed by atoms with E-state index in [-0.39, 0.29) is 6.03 Å². The Morgan fingerprint density at radius 1 is 1.89 bits per heavy atom. The van der Waals surface area contributed by atoms with Crippen molar-refractivity contribution < 1.29 is 4.79 Å². The molecule has 0 saturated heterocycles. The van der Waals surface area contributed by atoms with Crippen LogP contribution in [0.25, 0.3) is 0 Å². The summed E-state index contributed by atoms with van der Waals surface area (Å²) in [5, 5.41) is 5.19. The van der Waals surface area contributed by atoms with Gasteiger partial charge in [-0.25, -0.2) is 9.80 Å². The molecule has 1 aliphatic rings. The lowest BCUT2D eigenvalue weighted by Gasteiger charge is -2.07. The van der Waals surface area contributed by atoms with Gasteiger partial charge in [-0.3, -0.25) is 3.53 Å². The predicted octanol–water partition coefficient (Wildman–Crippen LogP) is 0.738. The van der Waals surface area contributed by atoms with Crippen LogP contribution in [0.1, 0.15) is 6.42 Å². The molecule has 0 saturated carbocycles. The van der Waals surface area contributed by atoms with Gasteiger partial charge in [-0.1, -0.05) is 0 Å². The van der Waals surface area contributed by atoms with Crippen LogP contribution in [0.4, 0.5) is 4.79 Å². The van der Waals surface area contributed by atoms with Crippen molar-refractivity contribution in [1.82, 2.24) is 8.54 Å². The Labute approximate surface area is 66.8 Å². The summed E-state index contributed by atoms with van der Waals surface area (Å²) in [5.74, 6) is 0. The third-order valence-electron chi connectivity index (χ3n) is 1.01. The summed E-state index contributed by atoms with van der Waals surface area (Å²) in [4.78, 5) is 10.7. The Balaban J connectivity index is 2.43. The van der Waals surface area contributed by atoms with Gasteiger partial charge in [-0.05, 0) is 0 Å². The van der Waals surface area contributed by atoms with Gasteiger partial charge in [0.1, 0.15) is 0 Å². The van der Waals surface area contributed by atoms with Crippen molar-refractivity contribution in [3.63, 3.8) is 0 Å². The van der Waals surface area contributed by atoms with E-state index in [1.807, 2.05) is 0 Å². The first-order valence-corrected chi connectivity index (χ1v) is 3.63. The second-order valence-corrected chi connectivity index (χ2v) is 2.15. The van der Waals surface area contributed by atoms with Crippen molar-refractivity contribution >= 4 is 35.1 Å². The Hall–Kier alpha value is -0.330. The SMILES string of the molecule is O=C(NI)N1CCC=N1. The zero-order valence-electron chi connectivity index (χ0n) is 4.67. The van der Waals surface area contributed by atoms with Gasteiger partial charge in [0.25, 0.3) is 0 Å². The van der Waals surface area contributed by atoms with Crippen molar-refractivity contribution in [2.45, 2.75) is 6.42 Å². The molecule has 9 heavy (non-hydrogen) atoms. The zero-order valence-corrected chi connectivity index (χ0v) is 6.83. The molecule has 1 aliphatic heterocycles. The molecule has 0 atom stereocenters. The van der Waals surface area contributed by atoms with Crippen LogP contribution in [0, 0.1) is 0 Å². The number of nitrogens with one attached hydrogen (secondary N) is 1. The molecule has 0 radical (unpaired) electrons. The van der Waals surface area contributed by atoms with E-state index < -0.39 is 0 Å². The molecule has 0 bridgehead atoms. The average molecular weight is 239 g/mol. The lowest BCUT2D eigenvalue weighted by Crippen LogP contribution is -2.29. The number of rotatable bonds is 0. The fourth-order valence-electron chi connectivity index (χ4n) is 0.597. The summed E-state index contributed by atoms with van der Waals surface area (Å²) < 4.78 is 2.45. The standard InChI is InChI=1S/C4H6IN3O/c5-7-4(9)8-3-1-2-6-8/h2H,1,3H2,(H,7,9). The van der Waals surface area contributed by atoms with Gasteiger partial charge >= 0.3 is 6.03 Å². The van der Waals surface area contributed by atoms with Gasteiger partial charge in [0.05, 0.1) is 29.4 Å². The van der Waals surface area contributed by atoms with Crippen LogP contribution in [0.5, 0.6) is 0 Å². The number of halogens is 1. The van der Waals surface area contributed by atoms with E-state index >= 15 is 0 Å². The van der Waals surface area contributed by atoms with E-state index in [1.54, 1.807) is 29.1 Å². The van der Waals surface area contributed by atoms with E-state index in [0.29, 0.717) is 6.54 Å². The Bertz CT molecular complexity index is 147. The van der Waals surface area contributed by atoms with E-state index in [2.05, 4.69) is 8.63 Å². The molecule has 0 aromatic heterocycles. The molecular formula is C4H6IN3O. The third-order valence-corrected chi connectivity index (χ3v) is 1.47. The van der Waals surface area contributed by atoms with Gasteiger partial charge in [0, 0.05) is 12.6 Å². The van der Waals surface area contributed by atoms with E-state index in [0.717, 1.165) is 6.42 Å². The maximum Gasteiger partial charge on any atom is 0.346 e. The van der Waals surface area contributed by atoms with Gasteiger partial charge in [0.2, 0.25) is 0 Å². The number of amides is 2. The first-order valence-electron chi connectivity index (χ1n) is 2.55. The summed E-state index contributed by atoms with van der Waals surface area (Å²) in [5.41, 5.74) is 0. The van der Waals surface area contributed by atoms with Gasteiger partial charge < -0.3 is 0 Å². The molecule has 1 rings (SSSR count). The van der Waals surface area contributed by atoms with Gasteiger partial charge in [-0.15, -0.1) is 0 Å². The topological polar surface area (TPSA) is 44.7 Å². The van der Waals surface area contributed by atoms with Crippen molar-refractivity contribution in [3.05, 3.63) is 0 Å². The molecule has 1 heterocycles. The minimum atomic E-state index is -0.149. The zero-order chi connectivity index (χ0) is 6.69. The van der Waals surface area contributed by atoms with E-state index in [9.17, 15) is 4.79 Å². The highest BCUT2D eigenvalue weighted by Gasteiger charge is 2.12. The molecule has 50 valence electrons. The molecule has 5 heteroatoms. The Morgan fingerprint density at radius 3 is 3.11 bits per heavy atom. The van der Waals surface area contributed by atoms with Crippen LogP contribution in [0.15, 0.2) is 5.10 Å². The molecule has 0 fully saturated rings. The van der Waals surface area contributed by atoms with Crippen LogP contribution >= 0.6 is 22.9 Å². The molecule has 2 amide bonds. The number of hydrogen-bond donors (Lipinski definition) is 1. The van der Waals surface area contributed by atoms with Gasteiger partial charge in [0.15, 0.2) is 0 Å². The second kappa shape index (κ2) is 3.00. The first-order chi connectivity index (χ1) is 4.34. The number of hydrazone groups is 1. The fraction of sp³-hybridized carbons (Fsp3) is 0.500. The number of urea groups is 1. The number of nitrogens with zero attached hydrogens (tertiary/aromatic N) is 2. The van der Waals surface area contributed by atoms with Crippen LogP contribution in [0.2, 0.25) is 0 Å². The van der Waals surface area contributed by atoms with Crippen LogP contribution < -0.4 is 3.53 Å². The largest absolute Gasteiger partial charge is 0.346 e. The summed E-state index contributed by atoms with van der Waals surface area (Å²) in [6.45, 7) is 0.703. The molecule has 0 aliphatic carbocycles. The van der Waals surface area contributed by atoms with Gasteiger partial charge in [-0.2, -0.15) is 5.10 Å². The molecule has 0 unspecified atom stereocenters. The number of hydrogen-bond acceptors (Lipinski definition) is 2. The van der Waals surface area contributed by atoms with E-state index in [4.69, 9.17) is 0 Å². The highest BCUT2D eigenvalue weighted by molar-refractivity contribution is 14.1. The predicted molar refractivity (Wildman–Crippen MR) is 42.4 cm³/mol. The molecule has 4 nitrogen and oxygen atoms in total. The van der Waals surface area contributed by atoms with Crippen LogP contribution in [0.3, 0.4) is 0 Å². The van der Waals surface area contributed by atoms with Crippen molar-refractivity contribution in [1.29, 1.82) is 0 Å². The lowest BCUT2D eigenvalue weighted by molar-refractivity contribution is 0.213. The third kappa shape index (κ3) is 1.54. The monoisotopic (exact) mass is 239 g/mol. The molecule has 0 spiro atoms. The Kier molecular flexibility index (Phi) is 2.26. The minimum Gasteiger partial charge on any atom is -0.279 e. The maximum atomic E-state index is 10.7. The fourth-order valence-corrected chi connectivity index (χ4v) is 0.875. The summed E-state index contributed by atoms with van der Waals surface area (Å²) in [6.07, 6.45) is 2.59. The quantitative estimate of drug-likeness (QED) is 0.491. The summed E-state index contributed by atoms with van der Waals surface area (Å²) in [6, 6.07) is -0.149. The average Bonchev–Trinajstić information content (AvgIpc) is 2.37. The Morgan fingerprint density at radius 2 is 2.67 bits per heavy atom. The van der Waals surface area contributed by atoms with E-state index in [1.165, 1.54) is 5.01 Å². The normalized spacial score (nSPS) is 16.3.